The van der Waals surface area contributed by atoms with Gasteiger partial charge in [0.15, 0.2) is 0 Å². The molecule has 1 heterocycles. The lowest BCUT2D eigenvalue weighted by molar-refractivity contribution is 0.0827. The Morgan fingerprint density at radius 1 is 1.35 bits per heavy atom. The number of rotatable bonds is 4. The Balaban J connectivity index is 2.19. The summed E-state index contributed by atoms with van der Waals surface area (Å²) in [6, 6.07) is 6.62. The van der Waals surface area contributed by atoms with Crippen LogP contribution in [0.3, 0.4) is 0 Å². The van der Waals surface area contributed by atoms with Gasteiger partial charge in [0.1, 0.15) is 5.75 Å². The molecular formula is C17H28N2O. The standard InChI is InChI=1S/C17H28N2O/c1-13(2)15-10-14(6-7-16(15)20-5)11-19-9-8-18-12-17(19,3)4/h6-7,10,13,18H,8-9,11-12H2,1-5H3. The summed E-state index contributed by atoms with van der Waals surface area (Å²) in [4.78, 5) is 2.56. The second-order valence-corrected chi connectivity index (χ2v) is 6.64. The summed E-state index contributed by atoms with van der Waals surface area (Å²) in [5.74, 6) is 1.49. The monoisotopic (exact) mass is 276 g/mol. The first kappa shape index (κ1) is 15.3. The van der Waals surface area contributed by atoms with Crippen molar-refractivity contribution in [2.75, 3.05) is 26.7 Å². The summed E-state index contributed by atoms with van der Waals surface area (Å²) in [6.45, 7) is 13.3. The highest BCUT2D eigenvalue weighted by atomic mass is 16.5. The Morgan fingerprint density at radius 2 is 2.10 bits per heavy atom. The van der Waals surface area contributed by atoms with E-state index in [1.165, 1.54) is 11.1 Å². The van der Waals surface area contributed by atoms with E-state index in [2.05, 4.69) is 56.1 Å². The largest absolute Gasteiger partial charge is 0.496 e. The molecule has 0 radical (unpaired) electrons. The van der Waals surface area contributed by atoms with Gasteiger partial charge in [-0.15, -0.1) is 0 Å². The van der Waals surface area contributed by atoms with Crippen LogP contribution in [0.2, 0.25) is 0 Å². The van der Waals surface area contributed by atoms with Gasteiger partial charge in [0.05, 0.1) is 7.11 Å². The molecule has 0 spiro atoms. The summed E-state index contributed by atoms with van der Waals surface area (Å²) < 4.78 is 5.47. The van der Waals surface area contributed by atoms with Gasteiger partial charge in [0.2, 0.25) is 0 Å². The van der Waals surface area contributed by atoms with Crippen molar-refractivity contribution in [1.29, 1.82) is 0 Å². The van der Waals surface area contributed by atoms with Crippen LogP contribution in [-0.2, 0) is 6.54 Å². The number of ether oxygens (including phenoxy) is 1. The van der Waals surface area contributed by atoms with Crippen molar-refractivity contribution >= 4 is 0 Å². The van der Waals surface area contributed by atoms with Crippen molar-refractivity contribution in [1.82, 2.24) is 10.2 Å². The molecule has 20 heavy (non-hydrogen) atoms. The van der Waals surface area contributed by atoms with Gasteiger partial charge >= 0.3 is 0 Å². The van der Waals surface area contributed by atoms with Crippen molar-refractivity contribution in [2.45, 2.75) is 45.7 Å². The minimum absolute atomic E-state index is 0.218. The van der Waals surface area contributed by atoms with Crippen molar-refractivity contribution in [2.24, 2.45) is 0 Å². The molecule has 0 aliphatic carbocycles. The molecule has 112 valence electrons. The normalized spacial score (nSPS) is 19.3. The van der Waals surface area contributed by atoms with Gasteiger partial charge in [0, 0.05) is 31.7 Å². The number of methoxy groups -OCH3 is 1. The fourth-order valence-electron chi connectivity index (χ4n) is 2.87. The van der Waals surface area contributed by atoms with E-state index in [1.54, 1.807) is 7.11 Å². The lowest BCUT2D eigenvalue weighted by Gasteiger charge is -2.43. The van der Waals surface area contributed by atoms with E-state index in [4.69, 9.17) is 4.74 Å². The summed E-state index contributed by atoms with van der Waals surface area (Å²) in [7, 11) is 1.75. The third-order valence-electron chi connectivity index (χ3n) is 4.26. The van der Waals surface area contributed by atoms with Crippen LogP contribution in [0.1, 0.15) is 44.7 Å². The molecule has 0 aromatic heterocycles. The van der Waals surface area contributed by atoms with Gasteiger partial charge in [-0.05, 0) is 37.0 Å². The lowest BCUT2D eigenvalue weighted by atomic mass is 9.96. The number of hydrogen-bond donors (Lipinski definition) is 1. The number of hydrogen-bond acceptors (Lipinski definition) is 3. The third-order valence-corrected chi connectivity index (χ3v) is 4.26. The highest BCUT2D eigenvalue weighted by Gasteiger charge is 2.29. The molecule has 0 bridgehead atoms. The van der Waals surface area contributed by atoms with E-state index in [-0.39, 0.29) is 5.54 Å². The maximum atomic E-state index is 5.47. The highest BCUT2D eigenvalue weighted by Crippen LogP contribution is 2.28. The summed E-state index contributed by atoms with van der Waals surface area (Å²) in [5, 5.41) is 3.48. The maximum Gasteiger partial charge on any atom is 0.122 e. The molecular weight excluding hydrogens is 248 g/mol. The quantitative estimate of drug-likeness (QED) is 0.915. The van der Waals surface area contributed by atoms with Gasteiger partial charge in [0.25, 0.3) is 0 Å². The number of nitrogens with one attached hydrogen (secondary N) is 1. The molecule has 1 fully saturated rings. The Bertz CT molecular complexity index is 454. The number of benzene rings is 1. The fraction of sp³-hybridized carbons (Fsp3) is 0.647. The van der Waals surface area contributed by atoms with E-state index in [0.717, 1.165) is 31.9 Å². The number of piperazine rings is 1. The van der Waals surface area contributed by atoms with E-state index in [9.17, 15) is 0 Å². The minimum Gasteiger partial charge on any atom is -0.496 e. The number of nitrogens with zero attached hydrogens (tertiary/aromatic N) is 1. The molecule has 0 amide bonds. The first-order valence-electron chi connectivity index (χ1n) is 7.56. The van der Waals surface area contributed by atoms with Crippen LogP contribution in [0.25, 0.3) is 0 Å². The molecule has 0 unspecified atom stereocenters. The first-order chi connectivity index (χ1) is 9.44. The molecule has 1 N–H and O–H groups in total. The van der Waals surface area contributed by atoms with Gasteiger partial charge in [-0.25, -0.2) is 0 Å². The maximum absolute atomic E-state index is 5.47. The summed E-state index contributed by atoms with van der Waals surface area (Å²) in [6.07, 6.45) is 0. The molecule has 1 saturated heterocycles. The first-order valence-corrected chi connectivity index (χ1v) is 7.56. The lowest BCUT2D eigenvalue weighted by Crippen LogP contribution is -2.57. The minimum atomic E-state index is 0.218. The Morgan fingerprint density at radius 3 is 2.70 bits per heavy atom. The van der Waals surface area contributed by atoms with Crippen molar-refractivity contribution in [3.05, 3.63) is 29.3 Å². The van der Waals surface area contributed by atoms with Crippen LogP contribution in [0.15, 0.2) is 18.2 Å². The second-order valence-electron chi connectivity index (χ2n) is 6.64. The SMILES string of the molecule is COc1ccc(CN2CCNCC2(C)C)cc1C(C)C. The predicted molar refractivity (Wildman–Crippen MR) is 84.4 cm³/mol. The fourth-order valence-corrected chi connectivity index (χ4v) is 2.87. The third kappa shape index (κ3) is 3.33. The zero-order valence-corrected chi connectivity index (χ0v) is 13.5. The molecule has 1 aromatic rings. The highest BCUT2D eigenvalue weighted by molar-refractivity contribution is 5.39. The van der Waals surface area contributed by atoms with Crippen molar-refractivity contribution in [3.63, 3.8) is 0 Å². The average Bonchev–Trinajstić information content (AvgIpc) is 2.41. The molecule has 1 aliphatic heterocycles. The van der Waals surface area contributed by atoms with Crippen molar-refractivity contribution in [3.8, 4) is 5.75 Å². The molecule has 1 aliphatic rings. The predicted octanol–water partition coefficient (Wildman–Crippen LogP) is 3.00. The molecule has 3 nitrogen and oxygen atoms in total. The van der Waals surface area contributed by atoms with Crippen LogP contribution < -0.4 is 10.1 Å². The van der Waals surface area contributed by atoms with Crippen LogP contribution in [0.4, 0.5) is 0 Å². The van der Waals surface area contributed by atoms with Crippen LogP contribution in [0.5, 0.6) is 5.75 Å². The molecule has 1 aromatic carbocycles. The zero-order chi connectivity index (χ0) is 14.8. The van der Waals surface area contributed by atoms with Crippen LogP contribution in [0, 0.1) is 0 Å². The second kappa shape index (κ2) is 6.15. The topological polar surface area (TPSA) is 24.5 Å². The van der Waals surface area contributed by atoms with Crippen molar-refractivity contribution < 1.29 is 4.74 Å². The smallest absolute Gasteiger partial charge is 0.122 e. The summed E-state index contributed by atoms with van der Waals surface area (Å²) in [5.41, 5.74) is 2.90. The Hall–Kier alpha value is -1.06. The Kier molecular flexibility index (Phi) is 4.71. The molecule has 0 saturated carbocycles. The van der Waals surface area contributed by atoms with E-state index in [1.807, 2.05) is 0 Å². The zero-order valence-electron chi connectivity index (χ0n) is 13.5. The Labute approximate surface area is 123 Å². The van der Waals surface area contributed by atoms with E-state index in [0.29, 0.717) is 5.92 Å². The van der Waals surface area contributed by atoms with Crippen LogP contribution >= 0.6 is 0 Å². The van der Waals surface area contributed by atoms with Gasteiger partial charge in [-0.2, -0.15) is 0 Å². The van der Waals surface area contributed by atoms with Gasteiger partial charge < -0.3 is 10.1 Å². The van der Waals surface area contributed by atoms with E-state index >= 15 is 0 Å². The molecule has 3 heteroatoms. The van der Waals surface area contributed by atoms with Crippen LogP contribution in [-0.4, -0.2) is 37.2 Å². The summed E-state index contributed by atoms with van der Waals surface area (Å²) >= 11 is 0. The molecule has 0 atom stereocenters. The van der Waals surface area contributed by atoms with E-state index < -0.39 is 0 Å². The molecule has 2 rings (SSSR count). The average molecular weight is 276 g/mol. The van der Waals surface area contributed by atoms with Gasteiger partial charge in [-0.1, -0.05) is 26.0 Å². The van der Waals surface area contributed by atoms with Gasteiger partial charge in [-0.3, -0.25) is 4.90 Å².